The van der Waals surface area contributed by atoms with E-state index in [1.807, 2.05) is 0 Å². The summed E-state index contributed by atoms with van der Waals surface area (Å²) in [6, 6.07) is 1.48. The van der Waals surface area contributed by atoms with Crippen molar-refractivity contribution in [3.8, 4) is 0 Å². The summed E-state index contributed by atoms with van der Waals surface area (Å²) in [7, 11) is 0. The largest absolute Gasteiger partial charge is 0.396 e. The monoisotopic (exact) mass is 253 g/mol. The van der Waals surface area contributed by atoms with Gasteiger partial charge in [0.25, 0.3) is 5.56 Å². The number of β-amino-alcohol motifs (C(OH)–C–C–N with tert-alkyl or cyclic N) is 1. The molecule has 0 spiro atoms. The standard InChI is InChI=1S/C12H19N3O3/c1-8-13-10(4-12(18)14-8)5-15-3-2-9(7-16)11(17)6-15/h4,9,11,16-17H,2-3,5-7H2,1H3,(H,13,14,18)/t9-,11+/m1/s1. The molecule has 18 heavy (non-hydrogen) atoms. The molecule has 2 atom stereocenters. The van der Waals surface area contributed by atoms with Crippen LogP contribution in [0.4, 0.5) is 0 Å². The highest BCUT2D eigenvalue weighted by atomic mass is 16.3. The minimum atomic E-state index is -0.508. The van der Waals surface area contributed by atoms with Crippen molar-refractivity contribution in [1.82, 2.24) is 14.9 Å². The first-order chi connectivity index (χ1) is 8.58. The molecule has 0 bridgehead atoms. The van der Waals surface area contributed by atoms with Gasteiger partial charge < -0.3 is 15.2 Å². The molecule has 3 N–H and O–H groups in total. The van der Waals surface area contributed by atoms with Gasteiger partial charge in [-0.3, -0.25) is 9.69 Å². The van der Waals surface area contributed by atoms with E-state index in [0.29, 0.717) is 24.6 Å². The van der Waals surface area contributed by atoms with Crippen LogP contribution < -0.4 is 5.56 Å². The van der Waals surface area contributed by atoms with Gasteiger partial charge in [-0.15, -0.1) is 0 Å². The Hall–Kier alpha value is -1.24. The van der Waals surface area contributed by atoms with E-state index in [9.17, 15) is 9.90 Å². The lowest BCUT2D eigenvalue weighted by Gasteiger charge is -2.34. The van der Waals surface area contributed by atoms with Gasteiger partial charge in [0.1, 0.15) is 5.82 Å². The summed E-state index contributed by atoms with van der Waals surface area (Å²) in [5.74, 6) is 0.568. The van der Waals surface area contributed by atoms with Gasteiger partial charge in [-0.2, -0.15) is 0 Å². The van der Waals surface area contributed by atoms with Crippen molar-refractivity contribution in [1.29, 1.82) is 0 Å². The van der Waals surface area contributed by atoms with Crippen LogP contribution in [-0.4, -0.2) is 50.9 Å². The fraction of sp³-hybridized carbons (Fsp3) is 0.667. The van der Waals surface area contributed by atoms with Gasteiger partial charge in [0.2, 0.25) is 0 Å². The minimum absolute atomic E-state index is 0.0252. The van der Waals surface area contributed by atoms with Crippen LogP contribution in [0.2, 0.25) is 0 Å². The lowest BCUT2D eigenvalue weighted by atomic mass is 9.95. The van der Waals surface area contributed by atoms with E-state index in [4.69, 9.17) is 5.11 Å². The molecule has 1 fully saturated rings. The molecule has 1 aromatic heterocycles. The van der Waals surface area contributed by atoms with Crippen molar-refractivity contribution in [2.45, 2.75) is 26.0 Å². The van der Waals surface area contributed by atoms with Crippen molar-refractivity contribution < 1.29 is 10.2 Å². The van der Waals surface area contributed by atoms with Crippen LogP contribution in [0.3, 0.4) is 0 Å². The van der Waals surface area contributed by atoms with Crippen molar-refractivity contribution in [3.05, 3.63) is 27.9 Å². The van der Waals surface area contributed by atoms with Crippen LogP contribution in [0.25, 0.3) is 0 Å². The summed E-state index contributed by atoms with van der Waals surface area (Å²) < 4.78 is 0. The number of aryl methyl sites for hydroxylation is 1. The number of aliphatic hydroxyl groups is 2. The Morgan fingerprint density at radius 1 is 1.61 bits per heavy atom. The first-order valence-corrected chi connectivity index (χ1v) is 6.16. The number of H-pyrrole nitrogens is 1. The van der Waals surface area contributed by atoms with E-state index in [2.05, 4.69) is 14.9 Å². The second-order valence-corrected chi connectivity index (χ2v) is 4.86. The molecule has 1 aliphatic heterocycles. The molecule has 1 aromatic rings. The average Bonchev–Trinajstić information content (AvgIpc) is 2.27. The third kappa shape index (κ3) is 3.16. The summed E-state index contributed by atoms with van der Waals surface area (Å²) in [5, 5.41) is 18.9. The van der Waals surface area contributed by atoms with E-state index in [0.717, 1.165) is 13.0 Å². The number of aliphatic hydroxyl groups excluding tert-OH is 2. The van der Waals surface area contributed by atoms with Gasteiger partial charge >= 0.3 is 0 Å². The molecule has 0 unspecified atom stereocenters. The molecule has 0 amide bonds. The van der Waals surface area contributed by atoms with E-state index >= 15 is 0 Å². The highest BCUT2D eigenvalue weighted by Gasteiger charge is 2.27. The number of aromatic amines is 1. The Kier molecular flexibility index (Phi) is 4.11. The first-order valence-electron chi connectivity index (χ1n) is 6.16. The maximum absolute atomic E-state index is 11.3. The number of hydrogen-bond donors (Lipinski definition) is 3. The molecule has 2 rings (SSSR count). The molecular weight excluding hydrogens is 234 g/mol. The summed E-state index contributed by atoms with van der Waals surface area (Å²) in [5.41, 5.74) is 0.564. The molecule has 6 nitrogen and oxygen atoms in total. The quantitative estimate of drug-likeness (QED) is 0.660. The number of nitrogens with one attached hydrogen (secondary N) is 1. The van der Waals surface area contributed by atoms with Gasteiger partial charge in [0.05, 0.1) is 11.8 Å². The Balaban J connectivity index is 2.00. The normalized spacial score (nSPS) is 25.3. The number of rotatable bonds is 3. The summed E-state index contributed by atoms with van der Waals surface area (Å²) in [6.45, 7) is 3.64. The Bertz CT molecular complexity index is 460. The third-order valence-corrected chi connectivity index (χ3v) is 3.34. The predicted octanol–water partition coefficient (Wildman–Crippen LogP) is -0.747. The summed E-state index contributed by atoms with van der Waals surface area (Å²) in [6.07, 6.45) is 0.256. The van der Waals surface area contributed by atoms with Crippen LogP contribution in [0.1, 0.15) is 17.9 Å². The SMILES string of the molecule is Cc1nc(CN2CC[C@H](CO)[C@@H](O)C2)cc(=O)[nH]1. The van der Waals surface area contributed by atoms with Gasteiger partial charge in [-0.25, -0.2) is 4.98 Å². The molecule has 100 valence electrons. The van der Waals surface area contributed by atoms with Crippen molar-refractivity contribution in [2.24, 2.45) is 5.92 Å². The van der Waals surface area contributed by atoms with Crippen LogP contribution in [-0.2, 0) is 6.54 Å². The molecule has 2 heterocycles. The second kappa shape index (κ2) is 5.60. The molecule has 1 aliphatic rings. The number of piperidine rings is 1. The topological polar surface area (TPSA) is 89.4 Å². The first kappa shape index (κ1) is 13.2. The van der Waals surface area contributed by atoms with Crippen molar-refractivity contribution in [3.63, 3.8) is 0 Å². The van der Waals surface area contributed by atoms with Gasteiger partial charge in [0, 0.05) is 31.7 Å². The average molecular weight is 253 g/mol. The zero-order valence-electron chi connectivity index (χ0n) is 10.5. The maximum Gasteiger partial charge on any atom is 0.251 e. The molecular formula is C12H19N3O3. The Morgan fingerprint density at radius 2 is 2.39 bits per heavy atom. The van der Waals surface area contributed by atoms with Crippen LogP contribution >= 0.6 is 0 Å². The second-order valence-electron chi connectivity index (χ2n) is 4.86. The zero-order valence-corrected chi connectivity index (χ0v) is 10.5. The smallest absolute Gasteiger partial charge is 0.251 e. The molecule has 0 radical (unpaired) electrons. The summed E-state index contributed by atoms with van der Waals surface area (Å²) >= 11 is 0. The third-order valence-electron chi connectivity index (χ3n) is 3.34. The number of likely N-dealkylation sites (tertiary alicyclic amines) is 1. The van der Waals surface area contributed by atoms with Crippen LogP contribution in [0.5, 0.6) is 0 Å². The number of aromatic nitrogens is 2. The molecule has 6 heteroatoms. The van der Waals surface area contributed by atoms with Gasteiger partial charge in [0.15, 0.2) is 0 Å². The highest BCUT2D eigenvalue weighted by molar-refractivity contribution is 5.02. The van der Waals surface area contributed by atoms with E-state index in [-0.39, 0.29) is 18.1 Å². The Morgan fingerprint density at radius 3 is 3.00 bits per heavy atom. The van der Waals surface area contributed by atoms with Crippen molar-refractivity contribution in [2.75, 3.05) is 19.7 Å². The lowest BCUT2D eigenvalue weighted by molar-refractivity contribution is -0.00481. The van der Waals surface area contributed by atoms with Crippen LogP contribution in [0, 0.1) is 12.8 Å². The molecule has 0 aromatic carbocycles. The molecule has 0 aliphatic carbocycles. The van der Waals surface area contributed by atoms with Gasteiger partial charge in [-0.1, -0.05) is 0 Å². The van der Waals surface area contributed by atoms with E-state index in [1.165, 1.54) is 6.07 Å². The lowest BCUT2D eigenvalue weighted by Crippen LogP contribution is -2.44. The fourth-order valence-electron chi connectivity index (χ4n) is 2.35. The van der Waals surface area contributed by atoms with E-state index in [1.54, 1.807) is 6.92 Å². The predicted molar refractivity (Wildman–Crippen MR) is 66.1 cm³/mol. The maximum atomic E-state index is 11.3. The van der Waals surface area contributed by atoms with Gasteiger partial charge in [-0.05, 0) is 19.9 Å². The minimum Gasteiger partial charge on any atom is -0.396 e. The Labute approximate surface area is 105 Å². The highest BCUT2D eigenvalue weighted by Crippen LogP contribution is 2.18. The van der Waals surface area contributed by atoms with E-state index < -0.39 is 6.10 Å². The number of nitrogens with zero attached hydrogens (tertiary/aromatic N) is 2. The van der Waals surface area contributed by atoms with Crippen LogP contribution in [0.15, 0.2) is 10.9 Å². The fourth-order valence-corrected chi connectivity index (χ4v) is 2.35. The number of hydrogen-bond acceptors (Lipinski definition) is 5. The molecule has 1 saturated heterocycles. The summed E-state index contributed by atoms with van der Waals surface area (Å²) in [4.78, 5) is 20.2. The zero-order chi connectivity index (χ0) is 13.1. The molecule has 0 saturated carbocycles. The van der Waals surface area contributed by atoms with Crippen molar-refractivity contribution >= 4 is 0 Å².